The quantitative estimate of drug-likeness (QED) is 0.511. The third kappa shape index (κ3) is 3.17. The number of hydrogen-bond acceptors (Lipinski definition) is 2. The third-order valence-corrected chi connectivity index (χ3v) is 2.82. The van der Waals surface area contributed by atoms with Crippen LogP contribution in [0.15, 0.2) is 11.6 Å². The monoisotopic (exact) mass is 196 g/mol. The number of rotatable bonds is 3. The Labute approximate surface area is 86.3 Å². The van der Waals surface area contributed by atoms with Gasteiger partial charge in [0.15, 0.2) is 0 Å². The van der Waals surface area contributed by atoms with E-state index in [4.69, 9.17) is 4.74 Å². The Morgan fingerprint density at radius 1 is 1.36 bits per heavy atom. The fourth-order valence-corrected chi connectivity index (χ4v) is 1.88. The molecular formula is C12H20O2. The molecule has 0 unspecified atom stereocenters. The Hall–Kier alpha value is -0.790. The van der Waals surface area contributed by atoms with Gasteiger partial charge in [0.2, 0.25) is 0 Å². The van der Waals surface area contributed by atoms with Crippen LogP contribution in [0.1, 0.15) is 52.4 Å². The van der Waals surface area contributed by atoms with Crippen LogP contribution >= 0.6 is 0 Å². The van der Waals surface area contributed by atoms with E-state index in [2.05, 4.69) is 0 Å². The van der Waals surface area contributed by atoms with Gasteiger partial charge in [-0.25, -0.2) is 4.79 Å². The standard InChI is InChI=1S/C12H20O2/c1-3-10(4-2)12(13)14-11-8-6-5-7-9-11/h3,11H,4-9H2,1-2H3. The van der Waals surface area contributed by atoms with Gasteiger partial charge in [-0.2, -0.15) is 0 Å². The molecule has 14 heavy (non-hydrogen) atoms. The number of allylic oxidation sites excluding steroid dienone is 1. The lowest BCUT2D eigenvalue weighted by Crippen LogP contribution is -2.21. The van der Waals surface area contributed by atoms with Crippen LogP contribution in [0.4, 0.5) is 0 Å². The van der Waals surface area contributed by atoms with E-state index in [0.29, 0.717) is 0 Å². The highest BCUT2D eigenvalue weighted by Crippen LogP contribution is 2.21. The van der Waals surface area contributed by atoms with Gasteiger partial charge in [0.25, 0.3) is 0 Å². The fraction of sp³-hybridized carbons (Fsp3) is 0.750. The molecule has 1 rings (SSSR count). The molecule has 0 radical (unpaired) electrons. The molecule has 0 bridgehead atoms. The third-order valence-electron chi connectivity index (χ3n) is 2.82. The molecular weight excluding hydrogens is 176 g/mol. The van der Waals surface area contributed by atoms with Gasteiger partial charge in [-0.1, -0.05) is 19.4 Å². The van der Waals surface area contributed by atoms with Gasteiger partial charge in [-0.15, -0.1) is 0 Å². The molecule has 1 fully saturated rings. The van der Waals surface area contributed by atoms with E-state index < -0.39 is 0 Å². The van der Waals surface area contributed by atoms with Gasteiger partial charge >= 0.3 is 5.97 Å². The highest BCUT2D eigenvalue weighted by molar-refractivity contribution is 5.88. The molecule has 2 nitrogen and oxygen atoms in total. The predicted octanol–water partition coefficient (Wildman–Crippen LogP) is 3.22. The van der Waals surface area contributed by atoms with Crippen molar-refractivity contribution in [1.29, 1.82) is 0 Å². The summed E-state index contributed by atoms with van der Waals surface area (Å²) in [6.07, 6.45) is 8.59. The second kappa shape index (κ2) is 5.84. The molecule has 2 heteroatoms. The Morgan fingerprint density at radius 2 is 2.00 bits per heavy atom. The maximum atomic E-state index is 11.6. The minimum atomic E-state index is -0.109. The Bertz CT molecular complexity index is 212. The van der Waals surface area contributed by atoms with Crippen molar-refractivity contribution in [3.63, 3.8) is 0 Å². The minimum absolute atomic E-state index is 0.109. The molecule has 0 saturated heterocycles. The molecule has 0 aromatic carbocycles. The van der Waals surface area contributed by atoms with E-state index >= 15 is 0 Å². The average Bonchev–Trinajstić information content (AvgIpc) is 2.21. The SMILES string of the molecule is CC=C(CC)C(=O)OC1CCCCC1. The molecule has 0 N–H and O–H groups in total. The molecule has 0 amide bonds. The molecule has 1 saturated carbocycles. The van der Waals surface area contributed by atoms with Crippen molar-refractivity contribution in [2.24, 2.45) is 0 Å². The number of carbonyl (C=O) groups is 1. The molecule has 80 valence electrons. The van der Waals surface area contributed by atoms with Crippen LogP contribution in [0.3, 0.4) is 0 Å². The molecule has 0 aromatic heterocycles. The van der Waals surface area contributed by atoms with Crippen molar-refractivity contribution >= 4 is 5.97 Å². The summed E-state index contributed by atoms with van der Waals surface area (Å²) in [6.45, 7) is 3.87. The van der Waals surface area contributed by atoms with Crippen LogP contribution in [-0.2, 0) is 9.53 Å². The van der Waals surface area contributed by atoms with Crippen LogP contribution in [0.2, 0.25) is 0 Å². The van der Waals surface area contributed by atoms with Crippen molar-refractivity contribution in [3.8, 4) is 0 Å². The molecule has 0 atom stereocenters. The highest BCUT2D eigenvalue weighted by atomic mass is 16.5. The zero-order valence-electron chi connectivity index (χ0n) is 9.21. The normalized spacial score (nSPS) is 19.4. The smallest absolute Gasteiger partial charge is 0.333 e. The van der Waals surface area contributed by atoms with E-state index in [1.165, 1.54) is 19.3 Å². The second-order valence-electron chi connectivity index (χ2n) is 3.83. The molecule has 0 heterocycles. The van der Waals surface area contributed by atoms with Crippen LogP contribution in [0.25, 0.3) is 0 Å². The molecule has 0 aromatic rings. The van der Waals surface area contributed by atoms with Crippen molar-refractivity contribution in [1.82, 2.24) is 0 Å². The van der Waals surface area contributed by atoms with E-state index in [0.717, 1.165) is 24.8 Å². The maximum absolute atomic E-state index is 11.6. The van der Waals surface area contributed by atoms with E-state index in [1.807, 2.05) is 19.9 Å². The first kappa shape index (κ1) is 11.3. The highest BCUT2D eigenvalue weighted by Gasteiger charge is 2.18. The minimum Gasteiger partial charge on any atom is -0.459 e. The Morgan fingerprint density at radius 3 is 2.50 bits per heavy atom. The van der Waals surface area contributed by atoms with Crippen LogP contribution in [0.5, 0.6) is 0 Å². The van der Waals surface area contributed by atoms with Gasteiger partial charge in [0.05, 0.1) is 0 Å². The summed E-state index contributed by atoms with van der Waals surface area (Å²) in [7, 11) is 0. The number of hydrogen-bond donors (Lipinski definition) is 0. The lowest BCUT2D eigenvalue weighted by Gasteiger charge is -2.22. The number of carbonyl (C=O) groups excluding carboxylic acids is 1. The zero-order chi connectivity index (χ0) is 10.4. The summed E-state index contributed by atoms with van der Waals surface area (Å²) in [5.41, 5.74) is 0.801. The second-order valence-corrected chi connectivity index (χ2v) is 3.83. The summed E-state index contributed by atoms with van der Waals surface area (Å²) in [5, 5.41) is 0. The molecule has 1 aliphatic carbocycles. The largest absolute Gasteiger partial charge is 0.459 e. The van der Waals surface area contributed by atoms with Crippen LogP contribution in [-0.4, -0.2) is 12.1 Å². The summed E-state index contributed by atoms with van der Waals surface area (Å²) >= 11 is 0. The average molecular weight is 196 g/mol. The van der Waals surface area contributed by atoms with Gasteiger partial charge in [0.1, 0.15) is 6.10 Å². The van der Waals surface area contributed by atoms with Gasteiger partial charge in [0, 0.05) is 5.57 Å². The van der Waals surface area contributed by atoms with Crippen LogP contribution < -0.4 is 0 Å². The summed E-state index contributed by atoms with van der Waals surface area (Å²) in [4.78, 5) is 11.6. The molecule has 0 spiro atoms. The predicted molar refractivity (Wildman–Crippen MR) is 57.0 cm³/mol. The number of ether oxygens (including phenoxy) is 1. The van der Waals surface area contributed by atoms with Crippen LogP contribution in [0, 0.1) is 0 Å². The lowest BCUT2D eigenvalue weighted by atomic mass is 9.98. The molecule has 1 aliphatic rings. The summed E-state index contributed by atoms with van der Waals surface area (Å²) < 4.78 is 5.43. The van der Waals surface area contributed by atoms with Crippen molar-refractivity contribution in [2.45, 2.75) is 58.5 Å². The first-order valence-electron chi connectivity index (χ1n) is 5.64. The van der Waals surface area contributed by atoms with E-state index in [-0.39, 0.29) is 12.1 Å². The summed E-state index contributed by atoms with van der Waals surface area (Å²) in [5.74, 6) is -0.109. The first-order chi connectivity index (χ1) is 6.77. The van der Waals surface area contributed by atoms with Gasteiger partial charge in [-0.3, -0.25) is 0 Å². The van der Waals surface area contributed by atoms with Gasteiger partial charge in [-0.05, 0) is 39.0 Å². The fourth-order valence-electron chi connectivity index (χ4n) is 1.88. The Kier molecular flexibility index (Phi) is 4.71. The molecule has 0 aliphatic heterocycles. The first-order valence-corrected chi connectivity index (χ1v) is 5.64. The van der Waals surface area contributed by atoms with E-state index in [1.54, 1.807) is 0 Å². The number of esters is 1. The zero-order valence-corrected chi connectivity index (χ0v) is 9.21. The maximum Gasteiger partial charge on any atom is 0.333 e. The lowest BCUT2D eigenvalue weighted by molar-refractivity contribution is -0.145. The van der Waals surface area contributed by atoms with Crippen molar-refractivity contribution < 1.29 is 9.53 Å². The van der Waals surface area contributed by atoms with Gasteiger partial charge < -0.3 is 4.74 Å². The van der Waals surface area contributed by atoms with Crippen molar-refractivity contribution in [3.05, 3.63) is 11.6 Å². The van der Waals surface area contributed by atoms with Crippen molar-refractivity contribution in [2.75, 3.05) is 0 Å². The van der Waals surface area contributed by atoms with E-state index in [9.17, 15) is 4.79 Å². The Balaban J connectivity index is 2.38. The topological polar surface area (TPSA) is 26.3 Å². The summed E-state index contributed by atoms with van der Waals surface area (Å²) in [6, 6.07) is 0.